The number of aromatic nitrogens is 12. The highest BCUT2D eigenvalue weighted by Gasteiger charge is 2.30. The van der Waals surface area contributed by atoms with E-state index in [0.29, 0.717) is 0 Å². The second-order valence-corrected chi connectivity index (χ2v) is 9.01. The molecule has 0 atom stereocenters. The SMILES string of the molecule is c1ncc(-c2c(-c3cncnc3)c(-c3cncnc3)c(-c3cncnc3)c(-c3cncnc3)c2-c2cncnc2)cn1. The molecule has 0 unspecified atom stereocenters. The number of hydrogen-bond acceptors (Lipinski definition) is 12. The normalized spacial score (nSPS) is 10.9. The van der Waals surface area contributed by atoms with Crippen LogP contribution in [-0.4, -0.2) is 59.8 Å². The first-order chi connectivity index (χ1) is 20.9. The Morgan fingerprint density at radius 1 is 0.190 bits per heavy atom. The lowest BCUT2D eigenvalue weighted by molar-refractivity contribution is 1.15. The summed E-state index contributed by atoms with van der Waals surface area (Å²) >= 11 is 0. The predicted molar refractivity (Wildman–Crippen MR) is 153 cm³/mol. The van der Waals surface area contributed by atoms with Gasteiger partial charge >= 0.3 is 0 Å². The van der Waals surface area contributed by atoms with E-state index >= 15 is 0 Å². The molecule has 0 radical (unpaired) electrons. The van der Waals surface area contributed by atoms with Gasteiger partial charge in [0.05, 0.1) is 0 Å². The van der Waals surface area contributed by atoms with Crippen LogP contribution >= 0.6 is 0 Å². The Morgan fingerprint density at radius 2 is 0.310 bits per heavy atom. The number of hydrogen-bond donors (Lipinski definition) is 0. The van der Waals surface area contributed by atoms with E-state index in [1.165, 1.54) is 38.0 Å². The van der Waals surface area contributed by atoms with Crippen molar-refractivity contribution in [2.75, 3.05) is 0 Å². The summed E-state index contributed by atoms with van der Waals surface area (Å²) in [5.41, 5.74) is 9.34. The fourth-order valence-electron chi connectivity index (χ4n) is 5.05. The van der Waals surface area contributed by atoms with E-state index in [-0.39, 0.29) is 0 Å². The molecule has 0 spiro atoms. The zero-order valence-corrected chi connectivity index (χ0v) is 21.8. The molecule has 198 valence electrons. The molecule has 6 heterocycles. The molecule has 7 aromatic rings. The van der Waals surface area contributed by atoms with E-state index in [0.717, 1.165) is 66.8 Å². The zero-order chi connectivity index (χ0) is 28.1. The Morgan fingerprint density at radius 3 is 0.429 bits per heavy atom. The molecule has 0 saturated carbocycles. The molecular formula is C30H18N12. The van der Waals surface area contributed by atoms with Crippen molar-refractivity contribution in [1.82, 2.24) is 59.8 Å². The van der Waals surface area contributed by atoms with Crippen molar-refractivity contribution in [3.8, 4) is 66.8 Å². The molecule has 12 nitrogen and oxygen atoms in total. The van der Waals surface area contributed by atoms with E-state index in [1.807, 2.05) is 0 Å². The molecule has 12 heteroatoms. The van der Waals surface area contributed by atoms with E-state index in [4.69, 9.17) is 0 Å². The standard InChI is InChI=1S/C30H18N12/c1-19(2-32-13-31-1)25-26(20-3-33-14-34-4-20)28(22-7-37-16-38-8-22)30(24-11-41-18-42-12-24)29(23-9-39-17-40-10-23)27(25)21-5-35-15-36-6-21/h1-18H. The summed E-state index contributed by atoms with van der Waals surface area (Å²) in [5, 5.41) is 0. The maximum Gasteiger partial charge on any atom is 0.115 e. The first-order valence-electron chi connectivity index (χ1n) is 12.7. The van der Waals surface area contributed by atoms with Gasteiger partial charge in [-0.25, -0.2) is 59.8 Å². The van der Waals surface area contributed by atoms with Gasteiger partial charge in [-0.15, -0.1) is 0 Å². The van der Waals surface area contributed by atoms with Gasteiger partial charge in [-0.1, -0.05) is 0 Å². The van der Waals surface area contributed by atoms with Crippen LogP contribution in [0, 0.1) is 0 Å². The number of benzene rings is 1. The maximum absolute atomic E-state index is 4.37. The van der Waals surface area contributed by atoms with Crippen molar-refractivity contribution in [2.24, 2.45) is 0 Å². The lowest BCUT2D eigenvalue weighted by Gasteiger charge is -2.27. The zero-order valence-electron chi connectivity index (χ0n) is 21.8. The van der Waals surface area contributed by atoms with Crippen molar-refractivity contribution < 1.29 is 0 Å². The molecule has 0 amide bonds. The highest BCUT2D eigenvalue weighted by Crippen LogP contribution is 2.54. The second-order valence-electron chi connectivity index (χ2n) is 9.01. The van der Waals surface area contributed by atoms with E-state index in [1.54, 1.807) is 74.4 Å². The first kappa shape index (κ1) is 24.7. The molecule has 0 aliphatic heterocycles. The molecule has 0 aliphatic rings. The Kier molecular flexibility index (Phi) is 6.51. The fraction of sp³-hybridized carbons (Fsp3) is 0. The van der Waals surface area contributed by atoms with E-state index in [2.05, 4.69) is 59.8 Å². The van der Waals surface area contributed by atoms with Gasteiger partial charge in [0.1, 0.15) is 38.0 Å². The molecule has 0 aliphatic carbocycles. The highest BCUT2D eigenvalue weighted by molar-refractivity contribution is 6.14. The third-order valence-corrected chi connectivity index (χ3v) is 6.60. The van der Waals surface area contributed by atoms with Crippen LogP contribution in [0.15, 0.2) is 112 Å². The number of rotatable bonds is 6. The largest absolute Gasteiger partial charge is 0.244 e. The van der Waals surface area contributed by atoms with Crippen molar-refractivity contribution in [3.05, 3.63) is 112 Å². The third-order valence-electron chi connectivity index (χ3n) is 6.60. The average Bonchev–Trinajstić information content (AvgIpc) is 3.09. The molecule has 0 N–H and O–H groups in total. The van der Waals surface area contributed by atoms with Crippen LogP contribution in [0.5, 0.6) is 0 Å². The summed E-state index contributed by atoms with van der Waals surface area (Å²) in [6.45, 7) is 0. The van der Waals surface area contributed by atoms with E-state index in [9.17, 15) is 0 Å². The Hall–Kier alpha value is -6.30. The van der Waals surface area contributed by atoms with Crippen LogP contribution < -0.4 is 0 Å². The third kappa shape index (κ3) is 4.48. The van der Waals surface area contributed by atoms with E-state index < -0.39 is 0 Å². The molecule has 0 bridgehead atoms. The van der Waals surface area contributed by atoms with Gasteiger partial charge in [0, 0.05) is 141 Å². The van der Waals surface area contributed by atoms with Gasteiger partial charge < -0.3 is 0 Å². The molecular weight excluding hydrogens is 528 g/mol. The van der Waals surface area contributed by atoms with Gasteiger partial charge in [-0.05, 0) is 0 Å². The summed E-state index contributed by atoms with van der Waals surface area (Å²) in [4.78, 5) is 52.5. The molecule has 1 aromatic carbocycles. The van der Waals surface area contributed by atoms with Gasteiger partial charge in [-0.2, -0.15) is 0 Å². The van der Waals surface area contributed by atoms with Crippen LogP contribution in [0.25, 0.3) is 66.8 Å². The second kappa shape index (κ2) is 11.1. The van der Waals surface area contributed by atoms with Crippen molar-refractivity contribution in [3.63, 3.8) is 0 Å². The van der Waals surface area contributed by atoms with Crippen molar-refractivity contribution >= 4 is 0 Å². The fourth-order valence-corrected chi connectivity index (χ4v) is 5.05. The highest BCUT2D eigenvalue weighted by atomic mass is 14.8. The lowest BCUT2D eigenvalue weighted by Crippen LogP contribution is -2.04. The Bertz CT molecular complexity index is 1550. The van der Waals surface area contributed by atoms with Crippen LogP contribution in [0.3, 0.4) is 0 Å². The van der Waals surface area contributed by atoms with Gasteiger partial charge in [0.2, 0.25) is 0 Å². The van der Waals surface area contributed by atoms with Crippen LogP contribution in [0.2, 0.25) is 0 Å². The van der Waals surface area contributed by atoms with Gasteiger partial charge in [0.15, 0.2) is 0 Å². The summed E-state index contributed by atoms with van der Waals surface area (Å²) < 4.78 is 0. The van der Waals surface area contributed by atoms with Gasteiger partial charge in [-0.3, -0.25) is 0 Å². The minimum Gasteiger partial charge on any atom is -0.244 e. The number of nitrogens with zero attached hydrogens (tertiary/aromatic N) is 12. The molecule has 0 fully saturated rings. The average molecular weight is 547 g/mol. The maximum atomic E-state index is 4.37. The summed E-state index contributed by atoms with van der Waals surface area (Å²) in [6, 6.07) is 0. The van der Waals surface area contributed by atoms with Crippen LogP contribution in [0.1, 0.15) is 0 Å². The van der Waals surface area contributed by atoms with Crippen molar-refractivity contribution in [1.29, 1.82) is 0 Å². The lowest BCUT2D eigenvalue weighted by atomic mass is 9.76. The Balaban J connectivity index is 1.81. The van der Waals surface area contributed by atoms with Crippen LogP contribution in [0.4, 0.5) is 0 Å². The monoisotopic (exact) mass is 546 g/mol. The quantitative estimate of drug-likeness (QED) is 0.290. The Labute approximate surface area is 238 Å². The molecule has 6 aromatic heterocycles. The predicted octanol–water partition coefficient (Wildman–Crippen LogP) is 4.43. The minimum atomic E-state index is 0.752. The van der Waals surface area contributed by atoms with Gasteiger partial charge in [0.25, 0.3) is 0 Å². The first-order valence-corrected chi connectivity index (χ1v) is 12.7. The molecule has 7 rings (SSSR count). The summed E-state index contributed by atoms with van der Waals surface area (Å²) in [6.07, 6.45) is 30.2. The summed E-state index contributed by atoms with van der Waals surface area (Å²) in [7, 11) is 0. The van der Waals surface area contributed by atoms with Crippen LogP contribution in [-0.2, 0) is 0 Å². The molecule has 0 saturated heterocycles. The smallest absolute Gasteiger partial charge is 0.115 e. The summed E-state index contributed by atoms with van der Waals surface area (Å²) in [5.74, 6) is 0. The topological polar surface area (TPSA) is 155 Å². The molecule has 42 heavy (non-hydrogen) atoms. The van der Waals surface area contributed by atoms with Crippen molar-refractivity contribution in [2.45, 2.75) is 0 Å². The minimum absolute atomic E-state index is 0.752.